The summed E-state index contributed by atoms with van der Waals surface area (Å²) in [5.74, 6) is 0.930. The Balaban J connectivity index is 2.21. The molecule has 2 aromatic rings. The molecule has 2 aromatic heterocycles. The number of thiophene rings is 1. The number of hydrogen-bond acceptors (Lipinski definition) is 6. The van der Waals surface area contributed by atoms with Crippen molar-refractivity contribution in [3.8, 4) is 0 Å². The minimum absolute atomic E-state index is 0.149. The average Bonchev–Trinajstić information content (AvgIpc) is 3.04. The molecule has 2 unspecified atom stereocenters. The second-order valence-corrected chi connectivity index (χ2v) is 7.50. The lowest BCUT2D eigenvalue weighted by atomic mass is 10.1. The predicted molar refractivity (Wildman–Crippen MR) is 85.2 cm³/mol. The molecule has 0 aromatic carbocycles. The van der Waals surface area contributed by atoms with Gasteiger partial charge in [0.2, 0.25) is 0 Å². The Bertz CT molecular complexity index is 521. The molecular formula is C13H19N3S3. The second kappa shape index (κ2) is 6.83. The van der Waals surface area contributed by atoms with Crippen LogP contribution in [0.25, 0.3) is 0 Å². The molecule has 0 saturated heterocycles. The molecule has 0 aliphatic carbocycles. The van der Waals surface area contributed by atoms with Crippen LogP contribution in [0.5, 0.6) is 0 Å². The van der Waals surface area contributed by atoms with Crippen LogP contribution >= 0.6 is 34.6 Å². The van der Waals surface area contributed by atoms with Crippen LogP contribution in [0.1, 0.15) is 41.8 Å². The monoisotopic (exact) mass is 313 g/mol. The molecule has 0 aliphatic rings. The molecule has 0 aliphatic heterocycles. The van der Waals surface area contributed by atoms with Crippen LogP contribution in [0.2, 0.25) is 0 Å². The SMILES string of the molecule is CCc1nsc(SC(c2sccc2C)C(N)CC)n1. The largest absolute Gasteiger partial charge is 0.326 e. The normalized spacial score (nSPS) is 14.5. The van der Waals surface area contributed by atoms with Crippen molar-refractivity contribution in [1.29, 1.82) is 0 Å². The molecule has 0 spiro atoms. The van der Waals surface area contributed by atoms with Gasteiger partial charge in [0.15, 0.2) is 4.34 Å². The highest BCUT2D eigenvalue weighted by atomic mass is 32.2. The number of hydrogen-bond donors (Lipinski definition) is 1. The van der Waals surface area contributed by atoms with Crippen molar-refractivity contribution in [1.82, 2.24) is 9.36 Å². The van der Waals surface area contributed by atoms with Crippen LogP contribution in [-0.4, -0.2) is 15.4 Å². The van der Waals surface area contributed by atoms with Gasteiger partial charge in [0, 0.05) is 17.3 Å². The summed E-state index contributed by atoms with van der Waals surface area (Å²) in [5, 5.41) is 2.42. The van der Waals surface area contributed by atoms with Gasteiger partial charge in [-0.25, -0.2) is 4.98 Å². The molecule has 19 heavy (non-hydrogen) atoms. The van der Waals surface area contributed by atoms with E-state index in [1.807, 2.05) is 0 Å². The highest BCUT2D eigenvalue weighted by Gasteiger charge is 2.24. The van der Waals surface area contributed by atoms with Gasteiger partial charge in [0.1, 0.15) is 5.82 Å². The molecule has 0 bridgehead atoms. The predicted octanol–water partition coefficient (Wildman–Crippen LogP) is 4.04. The van der Waals surface area contributed by atoms with Gasteiger partial charge in [0.25, 0.3) is 0 Å². The standard InChI is InChI=1S/C13H19N3S3/c1-4-9(14)12(11-8(3)6-7-17-11)18-13-15-10(5-2)16-19-13/h6-7,9,12H,4-5,14H2,1-3H3. The molecule has 2 rings (SSSR count). The van der Waals surface area contributed by atoms with Crippen LogP contribution in [-0.2, 0) is 6.42 Å². The van der Waals surface area contributed by atoms with Gasteiger partial charge in [-0.1, -0.05) is 25.6 Å². The van der Waals surface area contributed by atoms with Gasteiger partial charge < -0.3 is 5.73 Å². The Morgan fingerprint density at radius 3 is 2.74 bits per heavy atom. The first-order valence-corrected chi connectivity index (χ1v) is 8.97. The van der Waals surface area contributed by atoms with Crippen molar-refractivity contribution in [2.75, 3.05) is 0 Å². The maximum Gasteiger partial charge on any atom is 0.170 e. The molecule has 0 fully saturated rings. The quantitative estimate of drug-likeness (QED) is 0.818. The van der Waals surface area contributed by atoms with E-state index in [0.717, 1.165) is 23.0 Å². The molecule has 0 amide bonds. The maximum absolute atomic E-state index is 6.31. The molecule has 0 radical (unpaired) electrons. The van der Waals surface area contributed by atoms with E-state index in [4.69, 9.17) is 5.73 Å². The Labute approximate surface area is 126 Å². The maximum atomic E-state index is 6.31. The summed E-state index contributed by atoms with van der Waals surface area (Å²) in [5.41, 5.74) is 7.63. The third-order valence-electron chi connectivity index (χ3n) is 3.01. The molecule has 104 valence electrons. The smallest absolute Gasteiger partial charge is 0.170 e. The van der Waals surface area contributed by atoms with E-state index >= 15 is 0 Å². The van der Waals surface area contributed by atoms with Crippen LogP contribution in [0, 0.1) is 6.92 Å². The first kappa shape index (κ1) is 15.0. The van der Waals surface area contributed by atoms with Gasteiger partial charge >= 0.3 is 0 Å². The number of nitrogens with zero attached hydrogens (tertiary/aromatic N) is 2. The Kier molecular flexibility index (Phi) is 5.38. The fourth-order valence-corrected chi connectivity index (χ4v) is 5.19. The summed E-state index contributed by atoms with van der Waals surface area (Å²) in [6.07, 6.45) is 1.86. The zero-order valence-electron chi connectivity index (χ0n) is 11.4. The van der Waals surface area contributed by atoms with E-state index in [0.29, 0.717) is 0 Å². The van der Waals surface area contributed by atoms with Gasteiger partial charge in [-0.15, -0.1) is 11.3 Å². The summed E-state index contributed by atoms with van der Waals surface area (Å²) in [4.78, 5) is 5.91. The lowest BCUT2D eigenvalue weighted by Gasteiger charge is -2.21. The van der Waals surface area contributed by atoms with E-state index in [2.05, 4.69) is 41.6 Å². The van der Waals surface area contributed by atoms with Crippen molar-refractivity contribution in [2.24, 2.45) is 5.73 Å². The average molecular weight is 314 g/mol. The Morgan fingerprint density at radius 1 is 1.42 bits per heavy atom. The zero-order valence-corrected chi connectivity index (χ0v) is 13.9. The molecule has 0 saturated carbocycles. The fourth-order valence-electron chi connectivity index (χ4n) is 1.76. The number of rotatable bonds is 6. The summed E-state index contributed by atoms with van der Waals surface area (Å²) in [6, 6.07) is 2.31. The van der Waals surface area contributed by atoms with E-state index in [9.17, 15) is 0 Å². The van der Waals surface area contributed by atoms with Crippen molar-refractivity contribution >= 4 is 34.6 Å². The zero-order chi connectivity index (χ0) is 13.8. The molecule has 2 atom stereocenters. The number of aromatic nitrogens is 2. The molecular weight excluding hydrogens is 294 g/mol. The van der Waals surface area contributed by atoms with E-state index in [-0.39, 0.29) is 11.3 Å². The number of thioether (sulfide) groups is 1. The number of nitrogens with two attached hydrogens (primary N) is 1. The van der Waals surface area contributed by atoms with Gasteiger partial charge in [-0.2, -0.15) is 4.37 Å². The third-order valence-corrected chi connectivity index (χ3v) is 6.46. The molecule has 2 heterocycles. The van der Waals surface area contributed by atoms with Gasteiger partial charge in [0.05, 0.1) is 5.25 Å². The van der Waals surface area contributed by atoms with Crippen LogP contribution in [0.15, 0.2) is 15.8 Å². The highest BCUT2D eigenvalue weighted by molar-refractivity contribution is 8.01. The van der Waals surface area contributed by atoms with E-state index in [1.165, 1.54) is 22.0 Å². The summed E-state index contributed by atoms with van der Waals surface area (Å²) >= 11 is 5.03. The van der Waals surface area contributed by atoms with Crippen molar-refractivity contribution in [3.05, 3.63) is 27.7 Å². The van der Waals surface area contributed by atoms with Crippen LogP contribution < -0.4 is 5.73 Å². The van der Waals surface area contributed by atoms with Crippen LogP contribution in [0.4, 0.5) is 0 Å². The van der Waals surface area contributed by atoms with Crippen molar-refractivity contribution in [3.63, 3.8) is 0 Å². The lowest BCUT2D eigenvalue weighted by Crippen LogP contribution is -2.25. The number of aryl methyl sites for hydroxylation is 2. The Hall–Kier alpha value is -0.430. The minimum Gasteiger partial charge on any atom is -0.326 e. The van der Waals surface area contributed by atoms with Gasteiger partial charge in [-0.05, 0) is 41.9 Å². The van der Waals surface area contributed by atoms with E-state index in [1.54, 1.807) is 23.1 Å². The second-order valence-electron chi connectivity index (χ2n) is 4.41. The lowest BCUT2D eigenvalue weighted by molar-refractivity contribution is 0.638. The third kappa shape index (κ3) is 3.56. The summed E-state index contributed by atoms with van der Waals surface area (Å²) in [7, 11) is 0. The van der Waals surface area contributed by atoms with Crippen molar-refractivity contribution < 1.29 is 0 Å². The summed E-state index contributed by atoms with van der Waals surface area (Å²) < 4.78 is 5.38. The van der Waals surface area contributed by atoms with Gasteiger partial charge in [-0.3, -0.25) is 0 Å². The topological polar surface area (TPSA) is 51.8 Å². The summed E-state index contributed by atoms with van der Waals surface area (Å²) in [6.45, 7) is 6.37. The molecule has 3 nitrogen and oxygen atoms in total. The van der Waals surface area contributed by atoms with Crippen molar-refractivity contribution in [2.45, 2.75) is 49.2 Å². The van der Waals surface area contributed by atoms with E-state index < -0.39 is 0 Å². The first-order chi connectivity index (χ1) is 9.15. The Morgan fingerprint density at radius 2 is 2.21 bits per heavy atom. The molecule has 6 heteroatoms. The molecule has 2 N–H and O–H groups in total. The minimum atomic E-state index is 0.149. The van der Waals surface area contributed by atoms with Crippen LogP contribution in [0.3, 0.4) is 0 Å². The highest BCUT2D eigenvalue weighted by Crippen LogP contribution is 2.42. The fraction of sp³-hybridized carbons (Fsp3) is 0.538. The first-order valence-electron chi connectivity index (χ1n) is 6.44.